The molecule has 234 valence electrons. The molecule has 0 aromatic heterocycles. The Kier molecular flexibility index (Phi) is 5.49. The molecule has 0 bridgehead atoms. The van der Waals surface area contributed by atoms with Crippen LogP contribution in [0.2, 0.25) is 0 Å². The Morgan fingerprint density at radius 2 is 1.31 bits per heavy atom. The van der Waals surface area contributed by atoms with Crippen LogP contribution in [-0.2, 0) is 5.41 Å². The first kappa shape index (κ1) is 27.7. The van der Waals surface area contributed by atoms with E-state index in [1.165, 1.54) is 93.9 Å². The summed E-state index contributed by atoms with van der Waals surface area (Å²) in [4.78, 5) is 0. The molecular weight excluding hydrogens is 589 g/mol. The lowest BCUT2D eigenvalue weighted by Gasteiger charge is -2.35. The van der Waals surface area contributed by atoms with E-state index in [0.717, 1.165) is 6.42 Å². The minimum absolute atomic E-state index is 0.0845. The van der Waals surface area contributed by atoms with E-state index in [1.54, 1.807) is 0 Å². The summed E-state index contributed by atoms with van der Waals surface area (Å²) in [7, 11) is 0. The molecule has 0 heterocycles. The summed E-state index contributed by atoms with van der Waals surface area (Å²) < 4.78 is 0. The van der Waals surface area contributed by atoms with E-state index in [1.807, 2.05) is 0 Å². The molecule has 0 spiro atoms. The van der Waals surface area contributed by atoms with Gasteiger partial charge in [0.15, 0.2) is 0 Å². The monoisotopic (exact) mass is 626 g/mol. The van der Waals surface area contributed by atoms with Crippen LogP contribution >= 0.6 is 0 Å². The lowest BCUT2D eigenvalue weighted by molar-refractivity contribution is 0.414. The van der Waals surface area contributed by atoms with Gasteiger partial charge in [-0.1, -0.05) is 148 Å². The molecule has 0 aliphatic heterocycles. The van der Waals surface area contributed by atoms with Crippen molar-refractivity contribution >= 4 is 27.1 Å². The van der Waals surface area contributed by atoms with Gasteiger partial charge in [0, 0.05) is 17.8 Å². The maximum atomic E-state index is 2.60. The van der Waals surface area contributed by atoms with Gasteiger partial charge in [-0.3, -0.25) is 0 Å². The summed E-state index contributed by atoms with van der Waals surface area (Å²) in [5, 5.41) is 5.27. The van der Waals surface area contributed by atoms with Crippen molar-refractivity contribution in [3.8, 4) is 22.3 Å². The predicted molar refractivity (Wildman–Crippen MR) is 206 cm³/mol. The third-order valence-corrected chi connectivity index (χ3v) is 13.0. The van der Waals surface area contributed by atoms with E-state index in [9.17, 15) is 0 Å². The van der Waals surface area contributed by atoms with Crippen LogP contribution in [0.15, 0.2) is 151 Å². The van der Waals surface area contributed by atoms with Crippen LogP contribution < -0.4 is 0 Å². The van der Waals surface area contributed by atoms with Gasteiger partial charge in [0.05, 0.1) is 0 Å². The molecule has 0 amide bonds. The van der Waals surface area contributed by atoms with Crippen molar-refractivity contribution in [1.82, 2.24) is 0 Å². The SMILES string of the molecule is CC1c2cccc3c2-c2c1cccc2C1C=C(C2=CCC4C(=C2)c2cc(-c5cc6ccccc6c6ccccc56)ccc2C4(C)C)C=CC31. The smallest absolute Gasteiger partial charge is 0.0137 e. The Labute approximate surface area is 288 Å². The molecule has 0 fully saturated rings. The molecular formula is C49H38. The molecule has 5 aliphatic rings. The van der Waals surface area contributed by atoms with E-state index >= 15 is 0 Å². The average molecular weight is 627 g/mol. The van der Waals surface area contributed by atoms with Gasteiger partial charge in [-0.25, -0.2) is 0 Å². The lowest BCUT2D eigenvalue weighted by Crippen LogP contribution is -2.24. The third kappa shape index (κ3) is 3.65. The summed E-state index contributed by atoms with van der Waals surface area (Å²) in [5.41, 5.74) is 19.0. The Balaban J connectivity index is 1.03. The van der Waals surface area contributed by atoms with Crippen molar-refractivity contribution in [1.29, 1.82) is 0 Å². The summed E-state index contributed by atoms with van der Waals surface area (Å²) >= 11 is 0. The molecule has 0 heteroatoms. The molecule has 5 aliphatic carbocycles. The highest BCUT2D eigenvalue weighted by Gasteiger charge is 2.44. The molecule has 0 saturated heterocycles. The minimum Gasteiger partial charge on any atom is -0.0760 e. The third-order valence-electron chi connectivity index (χ3n) is 13.0. The number of rotatable bonds is 2. The van der Waals surface area contributed by atoms with Gasteiger partial charge in [0.1, 0.15) is 0 Å². The Morgan fingerprint density at radius 1 is 0.612 bits per heavy atom. The van der Waals surface area contributed by atoms with Gasteiger partial charge >= 0.3 is 0 Å². The second kappa shape index (κ2) is 9.70. The number of hydrogen-bond acceptors (Lipinski definition) is 0. The van der Waals surface area contributed by atoms with E-state index in [2.05, 4.69) is 160 Å². The Morgan fingerprint density at radius 3 is 2.10 bits per heavy atom. The topological polar surface area (TPSA) is 0 Å². The second-order valence-electron chi connectivity index (χ2n) is 15.6. The molecule has 0 nitrogen and oxygen atoms in total. The Hall–Kier alpha value is -5.20. The quantitative estimate of drug-likeness (QED) is 0.168. The molecule has 6 aromatic rings. The highest BCUT2D eigenvalue weighted by atomic mass is 14.5. The minimum atomic E-state index is 0.0845. The molecule has 0 N–H and O–H groups in total. The van der Waals surface area contributed by atoms with Crippen molar-refractivity contribution in [2.24, 2.45) is 5.92 Å². The van der Waals surface area contributed by atoms with Crippen LogP contribution in [0, 0.1) is 5.92 Å². The van der Waals surface area contributed by atoms with E-state index in [0.29, 0.717) is 23.7 Å². The van der Waals surface area contributed by atoms with Crippen molar-refractivity contribution < 1.29 is 0 Å². The second-order valence-corrected chi connectivity index (χ2v) is 15.6. The van der Waals surface area contributed by atoms with Gasteiger partial charge in [-0.2, -0.15) is 0 Å². The molecule has 6 aromatic carbocycles. The highest BCUT2D eigenvalue weighted by Crippen LogP contribution is 2.59. The van der Waals surface area contributed by atoms with Gasteiger partial charge < -0.3 is 0 Å². The Bertz CT molecular complexity index is 2580. The van der Waals surface area contributed by atoms with Crippen molar-refractivity contribution in [2.75, 3.05) is 0 Å². The van der Waals surface area contributed by atoms with Gasteiger partial charge in [-0.15, -0.1) is 0 Å². The molecule has 0 saturated carbocycles. The van der Waals surface area contributed by atoms with E-state index in [-0.39, 0.29) is 5.41 Å². The molecule has 49 heavy (non-hydrogen) atoms. The van der Waals surface area contributed by atoms with Crippen LogP contribution in [0.5, 0.6) is 0 Å². The van der Waals surface area contributed by atoms with Crippen LogP contribution in [0.3, 0.4) is 0 Å². The van der Waals surface area contributed by atoms with Crippen LogP contribution in [-0.4, -0.2) is 0 Å². The number of fused-ring (bicyclic) bond motifs is 9. The normalized spacial score (nSPS) is 23.4. The van der Waals surface area contributed by atoms with Crippen LogP contribution in [0.1, 0.15) is 78.3 Å². The summed E-state index contributed by atoms with van der Waals surface area (Å²) in [5.74, 6) is 1.69. The standard InChI is InChI=1S/C49H38/c1-28-33-14-8-16-39-38-21-18-29(24-42(38)40-17-9-15-34(28)48(40)47(33)39)30-19-22-45-43(25-30)44-27-32(20-23-46(44)49(45,2)3)41-26-31-10-4-5-11-35(31)36-12-6-7-13-37(36)41/h4-21,23-28,38,42,45H,22H2,1-3H3. The lowest BCUT2D eigenvalue weighted by atomic mass is 9.68. The fourth-order valence-electron chi connectivity index (χ4n) is 10.5. The molecule has 0 radical (unpaired) electrons. The summed E-state index contributed by atoms with van der Waals surface area (Å²) in [6.45, 7) is 7.29. The number of hydrogen-bond donors (Lipinski definition) is 0. The maximum Gasteiger partial charge on any atom is 0.0137 e. The van der Waals surface area contributed by atoms with Crippen molar-refractivity contribution in [3.05, 3.63) is 184 Å². The first-order valence-electron chi connectivity index (χ1n) is 18.1. The van der Waals surface area contributed by atoms with Crippen molar-refractivity contribution in [2.45, 2.75) is 50.4 Å². The summed E-state index contributed by atoms with van der Waals surface area (Å²) in [6, 6.07) is 41.5. The van der Waals surface area contributed by atoms with Gasteiger partial charge in [-0.05, 0) is 124 Å². The van der Waals surface area contributed by atoms with E-state index in [4.69, 9.17) is 0 Å². The first-order valence-corrected chi connectivity index (χ1v) is 18.1. The van der Waals surface area contributed by atoms with Gasteiger partial charge in [0.2, 0.25) is 0 Å². The molecule has 4 atom stereocenters. The molecule has 4 unspecified atom stereocenters. The number of benzene rings is 6. The first-order chi connectivity index (χ1) is 24.0. The maximum absolute atomic E-state index is 2.60. The summed E-state index contributed by atoms with van der Waals surface area (Å²) in [6.07, 6.45) is 13.7. The van der Waals surface area contributed by atoms with Gasteiger partial charge in [0.25, 0.3) is 0 Å². The van der Waals surface area contributed by atoms with E-state index < -0.39 is 0 Å². The predicted octanol–water partition coefficient (Wildman–Crippen LogP) is 12.8. The molecule has 11 rings (SSSR count). The van der Waals surface area contributed by atoms with Crippen LogP contribution in [0.4, 0.5) is 0 Å². The zero-order chi connectivity index (χ0) is 32.6. The highest BCUT2D eigenvalue weighted by molar-refractivity contribution is 6.14. The average Bonchev–Trinajstić information content (AvgIpc) is 3.57. The fraction of sp³-hybridized carbons (Fsp3) is 0.184. The zero-order valence-electron chi connectivity index (χ0n) is 28.3. The van der Waals surface area contributed by atoms with Crippen molar-refractivity contribution in [3.63, 3.8) is 0 Å². The largest absolute Gasteiger partial charge is 0.0760 e. The fourth-order valence-corrected chi connectivity index (χ4v) is 10.5. The number of allylic oxidation sites excluding steroid dienone is 8. The zero-order valence-corrected chi connectivity index (χ0v) is 28.3. The van der Waals surface area contributed by atoms with Crippen LogP contribution in [0.25, 0.3) is 49.4 Å².